The number of furan rings is 1. The fourth-order valence-corrected chi connectivity index (χ4v) is 2.41. The number of aromatic nitrogens is 1. The third-order valence-electron chi connectivity index (χ3n) is 3.54. The van der Waals surface area contributed by atoms with Gasteiger partial charge in [-0.3, -0.25) is 9.78 Å². The Balaban J connectivity index is 2.18. The molecule has 2 aromatic rings. The van der Waals surface area contributed by atoms with Crippen LogP contribution in [0.15, 0.2) is 28.8 Å². The molecule has 0 spiro atoms. The Morgan fingerprint density at radius 1 is 1.33 bits per heavy atom. The highest BCUT2D eigenvalue weighted by Gasteiger charge is 2.36. The van der Waals surface area contributed by atoms with E-state index in [1.165, 1.54) is 6.92 Å². The zero-order valence-corrected chi connectivity index (χ0v) is 13.4. The number of alkyl halides is 3. The summed E-state index contributed by atoms with van der Waals surface area (Å²) in [5.41, 5.74) is -2.90. The monoisotopic (exact) mass is 342 g/mol. The minimum absolute atomic E-state index is 0.292. The SMILES string of the molecule is Cc1cc(C(C)(O)CNC(=O)c2ncccc2C(F)(F)F)c(C)o1. The number of carbonyl (C=O) groups is 1. The number of aryl methyl sites for hydroxylation is 2. The highest BCUT2D eigenvalue weighted by atomic mass is 19.4. The van der Waals surface area contributed by atoms with E-state index in [0.29, 0.717) is 17.1 Å². The number of nitrogens with one attached hydrogen (secondary N) is 1. The second-order valence-corrected chi connectivity index (χ2v) is 5.68. The molecule has 0 aromatic carbocycles. The van der Waals surface area contributed by atoms with E-state index < -0.39 is 28.9 Å². The maximum Gasteiger partial charge on any atom is 0.418 e. The minimum Gasteiger partial charge on any atom is -0.466 e. The minimum atomic E-state index is -4.69. The van der Waals surface area contributed by atoms with Gasteiger partial charge in [0.2, 0.25) is 0 Å². The third kappa shape index (κ3) is 3.76. The number of aliphatic hydroxyl groups is 1. The van der Waals surface area contributed by atoms with Crippen LogP contribution in [0, 0.1) is 13.8 Å². The number of rotatable bonds is 4. The molecule has 1 unspecified atom stereocenters. The van der Waals surface area contributed by atoms with Crippen molar-refractivity contribution in [2.75, 3.05) is 6.54 Å². The van der Waals surface area contributed by atoms with Crippen LogP contribution in [0.4, 0.5) is 13.2 Å². The van der Waals surface area contributed by atoms with Crippen LogP contribution in [0.3, 0.4) is 0 Å². The Hall–Kier alpha value is -2.35. The lowest BCUT2D eigenvalue weighted by Gasteiger charge is -2.23. The number of hydrogen-bond acceptors (Lipinski definition) is 4. The van der Waals surface area contributed by atoms with Gasteiger partial charge in [-0.25, -0.2) is 0 Å². The van der Waals surface area contributed by atoms with Gasteiger partial charge in [0.25, 0.3) is 5.91 Å². The lowest BCUT2D eigenvalue weighted by Crippen LogP contribution is -2.39. The summed E-state index contributed by atoms with van der Waals surface area (Å²) in [5.74, 6) is 0.0415. The van der Waals surface area contributed by atoms with Crippen molar-refractivity contribution < 1.29 is 27.5 Å². The maximum absolute atomic E-state index is 12.9. The highest BCUT2D eigenvalue weighted by molar-refractivity contribution is 5.93. The molecule has 130 valence electrons. The van der Waals surface area contributed by atoms with Crippen LogP contribution in [-0.2, 0) is 11.8 Å². The van der Waals surface area contributed by atoms with Crippen molar-refractivity contribution in [2.24, 2.45) is 0 Å². The standard InChI is InChI=1S/C16H17F3N2O3/c1-9-7-12(10(2)24-9)15(3,23)8-21-14(22)13-11(16(17,18)19)5-4-6-20-13/h4-7,23H,8H2,1-3H3,(H,21,22). The average molecular weight is 342 g/mol. The molecule has 0 aliphatic rings. The summed E-state index contributed by atoms with van der Waals surface area (Å²) in [7, 11) is 0. The van der Waals surface area contributed by atoms with Crippen molar-refractivity contribution in [1.82, 2.24) is 10.3 Å². The second-order valence-electron chi connectivity index (χ2n) is 5.68. The van der Waals surface area contributed by atoms with E-state index in [0.717, 1.165) is 18.3 Å². The van der Waals surface area contributed by atoms with E-state index in [4.69, 9.17) is 4.42 Å². The van der Waals surface area contributed by atoms with Gasteiger partial charge in [0.05, 0.1) is 12.1 Å². The van der Waals surface area contributed by atoms with Crippen LogP contribution in [0.25, 0.3) is 0 Å². The lowest BCUT2D eigenvalue weighted by molar-refractivity contribution is -0.138. The van der Waals surface area contributed by atoms with Crippen LogP contribution in [0.2, 0.25) is 0 Å². The smallest absolute Gasteiger partial charge is 0.418 e. The molecular weight excluding hydrogens is 325 g/mol. The molecule has 0 bridgehead atoms. The fourth-order valence-electron chi connectivity index (χ4n) is 2.41. The van der Waals surface area contributed by atoms with Gasteiger partial charge >= 0.3 is 6.18 Å². The number of pyridine rings is 1. The first kappa shape index (κ1) is 18.0. The van der Waals surface area contributed by atoms with Crippen LogP contribution >= 0.6 is 0 Å². The van der Waals surface area contributed by atoms with Gasteiger partial charge in [-0.1, -0.05) is 0 Å². The quantitative estimate of drug-likeness (QED) is 0.896. The molecule has 5 nitrogen and oxygen atoms in total. The van der Waals surface area contributed by atoms with Crippen LogP contribution in [0.1, 0.15) is 40.1 Å². The normalized spacial score (nSPS) is 14.3. The van der Waals surface area contributed by atoms with Crippen molar-refractivity contribution in [3.05, 3.63) is 52.7 Å². The molecule has 0 aliphatic carbocycles. The molecule has 1 amide bonds. The zero-order valence-electron chi connectivity index (χ0n) is 13.4. The van der Waals surface area contributed by atoms with Gasteiger partial charge in [-0.05, 0) is 39.0 Å². The van der Waals surface area contributed by atoms with Gasteiger partial charge in [-0.2, -0.15) is 13.2 Å². The Labute approximate surface area is 136 Å². The van der Waals surface area contributed by atoms with Crippen molar-refractivity contribution in [2.45, 2.75) is 32.5 Å². The Kier molecular flexibility index (Phi) is 4.70. The summed E-state index contributed by atoms with van der Waals surface area (Å²) >= 11 is 0. The summed E-state index contributed by atoms with van der Waals surface area (Å²) in [5, 5.41) is 12.8. The molecule has 0 radical (unpaired) electrons. The van der Waals surface area contributed by atoms with Crippen molar-refractivity contribution in [3.8, 4) is 0 Å². The van der Waals surface area contributed by atoms with Crippen LogP contribution < -0.4 is 5.32 Å². The third-order valence-corrected chi connectivity index (χ3v) is 3.54. The van der Waals surface area contributed by atoms with E-state index in [1.807, 2.05) is 0 Å². The molecule has 0 saturated carbocycles. The van der Waals surface area contributed by atoms with Crippen LogP contribution in [0.5, 0.6) is 0 Å². The van der Waals surface area contributed by atoms with Gasteiger partial charge in [0, 0.05) is 11.8 Å². The Bertz CT molecular complexity index is 751. The summed E-state index contributed by atoms with van der Waals surface area (Å²) in [6, 6.07) is 3.50. The van der Waals surface area contributed by atoms with E-state index in [1.54, 1.807) is 19.9 Å². The number of carbonyl (C=O) groups excluding carboxylic acids is 1. The predicted octanol–water partition coefficient (Wildman–Crippen LogP) is 2.95. The Morgan fingerprint density at radius 3 is 2.54 bits per heavy atom. The molecular formula is C16H17F3N2O3. The summed E-state index contributed by atoms with van der Waals surface area (Å²) in [6.07, 6.45) is -3.59. The van der Waals surface area contributed by atoms with E-state index in [-0.39, 0.29) is 6.54 Å². The van der Waals surface area contributed by atoms with E-state index in [2.05, 4.69) is 10.3 Å². The molecule has 0 aliphatic heterocycles. The highest BCUT2D eigenvalue weighted by Crippen LogP contribution is 2.31. The number of halogens is 3. The number of amides is 1. The topological polar surface area (TPSA) is 75.4 Å². The molecule has 2 rings (SSSR count). The van der Waals surface area contributed by atoms with Crippen LogP contribution in [-0.4, -0.2) is 22.5 Å². The van der Waals surface area contributed by atoms with Gasteiger partial charge < -0.3 is 14.8 Å². The van der Waals surface area contributed by atoms with Gasteiger partial charge in [0.15, 0.2) is 0 Å². The van der Waals surface area contributed by atoms with Crippen molar-refractivity contribution in [1.29, 1.82) is 0 Å². The summed E-state index contributed by atoms with van der Waals surface area (Å²) in [6.45, 7) is 4.50. The number of nitrogens with zero attached hydrogens (tertiary/aromatic N) is 1. The first-order valence-corrected chi connectivity index (χ1v) is 7.12. The van der Waals surface area contributed by atoms with E-state index in [9.17, 15) is 23.1 Å². The lowest BCUT2D eigenvalue weighted by atomic mass is 9.96. The van der Waals surface area contributed by atoms with Gasteiger partial charge in [0.1, 0.15) is 22.8 Å². The fraction of sp³-hybridized carbons (Fsp3) is 0.375. The largest absolute Gasteiger partial charge is 0.466 e. The summed E-state index contributed by atoms with van der Waals surface area (Å²) in [4.78, 5) is 15.6. The second kappa shape index (κ2) is 6.27. The molecule has 2 heterocycles. The van der Waals surface area contributed by atoms with Gasteiger partial charge in [-0.15, -0.1) is 0 Å². The molecule has 1 atom stereocenters. The average Bonchev–Trinajstić information content (AvgIpc) is 2.83. The molecule has 8 heteroatoms. The summed E-state index contributed by atoms with van der Waals surface area (Å²) < 4.78 is 44.1. The van der Waals surface area contributed by atoms with Crippen molar-refractivity contribution in [3.63, 3.8) is 0 Å². The predicted molar refractivity (Wildman–Crippen MR) is 79.3 cm³/mol. The maximum atomic E-state index is 12.9. The Morgan fingerprint density at radius 2 is 2.00 bits per heavy atom. The molecule has 24 heavy (non-hydrogen) atoms. The first-order chi connectivity index (χ1) is 11.0. The first-order valence-electron chi connectivity index (χ1n) is 7.12. The molecule has 2 aromatic heterocycles. The molecule has 0 fully saturated rings. The van der Waals surface area contributed by atoms with E-state index >= 15 is 0 Å². The van der Waals surface area contributed by atoms with Crippen molar-refractivity contribution >= 4 is 5.91 Å². The number of hydrogen-bond donors (Lipinski definition) is 2. The zero-order chi connectivity index (χ0) is 18.1. The molecule has 2 N–H and O–H groups in total. The molecule has 0 saturated heterocycles.